The topological polar surface area (TPSA) is 98.5 Å². The molecule has 0 saturated heterocycles. The normalized spacial score (nSPS) is 12.4. The first kappa shape index (κ1) is 19.9. The molecule has 0 heterocycles. The molecule has 6 nitrogen and oxygen atoms in total. The summed E-state index contributed by atoms with van der Waals surface area (Å²) < 4.78 is 31.5. The zero-order chi connectivity index (χ0) is 15.3. The summed E-state index contributed by atoms with van der Waals surface area (Å²) in [6.45, 7) is 3.78. The third-order valence-corrected chi connectivity index (χ3v) is 4.24. The number of rotatable bonds is 6. The fourth-order valence-corrected chi connectivity index (χ4v) is 2.87. The Bertz CT molecular complexity index is 588. The van der Waals surface area contributed by atoms with Gasteiger partial charge in [-0.2, -0.15) is 0 Å². The Morgan fingerprint density at radius 1 is 1.43 bits per heavy atom. The molecule has 1 aromatic carbocycles. The average molecular weight is 337 g/mol. The average Bonchev–Trinajstić information content (AvgIpc) is 2.36. The molecule has 0 saturated carbocycles. The Hall–Kier alpha value is -1.15. The Morgan fingerprint density at radius 3 is 2.57 bits per heavy atom. The van der Waals surface area contributed by atoms with Crippen LogP contribution >= 0.6 is 12.4 Å². The first-order valence-corrected chi connectivity index (χ1v) is 7.70. The van der Waals surface area contributed by atoms with Crippen molar-refractivity contribution < 1.29 is 17.9 Å². The molecular weight excluding hydrogens is 316 g/mol. The summed E-state index contributed by atoms with van der Waals surface area (Å²) in [5, 5.41) is 0. The number of halogens is 1. The molecule has 120 valence electrons. The number of hydrogen-bond donors (Lipinski definition) is 2. The number of aryl methyl sites for hydroxylation is 1. The lowest BCUT2D eigenvalue weighted by molar-refractivity contribution is 0.0596. The van der Waals surface area contributed by atoms with Crippen molar-refractivity contribution >= 4 is 28.4 Å². The van der Waals surface area contributed by atoms with Gasteiger partial charge in [-0.25, -0.2) is 17.9 Å². The summed E-state index contributed by atoms with van der Waals surface area (Å²) in [5.41, 5.74) is 6.38. The maximum Gasteiger partial charge on any atom is 0.339 e. The van der Waals surface area contributed by atoms with E-state index in [1.165, 1.54) is 19.2 Å². The summed E-state index contributed by atoms with van der Waals surface area (Å²) in [5.74, 6) is -0.679. The van der Waals surface area contributed by atoms with Crippen molar-refractivity contribution in [2.24, 2.45) is 5.73 Å². The smallest absolute Gasteiger partial charge is 0.339 e. The molecular formula is C13H21ClN2O4S. The van der Waals surface area contributed by atoms with E-state index in [0.29, 0.717) is 6.42 Å². The van der Waals surface area contributed by atoms with Crippen LogP contribution in [0.5, 0.6) is 0 Å². The monoisotopic (exact) mass is 336 g/mol. The Labute approximate surface area is 131 Å². The minimum atomic E-state index is -3.76. The largest absolute Gasteiger partial charge is 0.465 e. The molecule has 0 amide bonds. The van der Waals surface area contributed by atoms with Crippen LogP contribution in [0.4, 0.5) is 0 Å². The number of methoxy groups -OCH3 is 1. The molecule has 3 N–H and O–H groups in total. The van der Waals surface area contributed by atoms with Gasteiger partial charge >= 0.3 is 5.97 Å². The summed E-state index contributed by atoms with van der Waals surface area (Å²) in [6, 6.07) is 4.42. The van der Waals surface area contributed by atoms with Crippen LogP contribution in [-0.2, 0) is 14.8 Å². The molecule has 0 aliphatic rings. The number of benzene rings is 1. The van der Waals surface area contributed by atoms with E-state index >= 15 is 0 Å². The number of ether oxygens (including phenoxy) is 1. The van der Waals surface area contributed by atoms with Gasteiger partial charge < -0.3 is 10.5 Å². The maximum absolute atomic E-state index is 12.2. The fourth-order valence-electron chi connectivity index (χ4n) is 1.65. The molecule has 0 aromatic heterocycles. The summed E-state index contributed by atoms with van der Waals surface area (Å²) in [7, 11) is -2.55. The highest BCUT2D eigenvalue weighted by molar-refractivity contribution is 7.89. The van der Waals surface area contributed by atoms with Crippen LogP contribution in [0.3, 0.4) is 0 Å². The number of nitrogens with two attached hydrogens (primary N) is 1. The van der Waals surface area contributed by atoms with Gasteiger partial charge in [0.2, 0.25) is 10.0 Å². The van der Waals surface area contributed by atoms with E-state index in [0.717, 1.165) is 5.56 Å². The molecule has 1 atom stereocenters. The van der Waals surface area contributed by atoms with Crippen LogP contribution in [0.25, 0.3) is 0 Å². The van der Waals surface area contributed by atoms with Crippen molar-refractivity contribution in [2.45, 2.75) is 31.2 Å². The van der Waals surface area contributed by atoms with Crippen LogP contribution in [0.1, 0.15) is 29.3 Å². The van der Waals surface area contributed by atoms with Crippen LogP contribution in [0, 0.1) is 6.92 Å². The minimum Gasteiger partial charge on any atom is -0.465 e. The number of esters is 1. The fraction of sp³-hybridized carbons (Fsp3) is 0.462. The van der Waals surface area contributed by atoms with Crippen molar-refractivity contribution in [1.82, 2.24) is 4.72 Å². The van der Waals surface area contributed by atoms with E-state index in [2.05, 4.69) is 9.46 Å². The second-order valence-electron chi connectivity index (χ2n) is 4.65. The SMILES string of the molecule is COC(=O)c1cc(C)ccc1S(=O)(=O)NCCC(C)N.Cl. The molecule has 1 unspecified atom stereocenters. The van der Waals surface area contributed by atoms with Crippen molar-refractivity contribution in [2.75, 3.05) is 13.7 Å². The van der Waals surface area contributed by atoms with E-state index in [9.17, 15) is 13.2 Å². The van der Waals surface area contributed by atoms with E-state index < -0.39 is 16.0 Å². The van der Waals surface area contributed by atoms with Crippen molar-refractivity contribution in [3.05, 3.63) is 29.3 Å². The van der Waals surface area contributed by atoms with E-state index in [1.54, 1.807) is 19.9 Å². The van der Waals surface area contributed by atoms with Crippen LogP contribution < -0.4 is 10.5 Å². The zero-order valence-corrected chi connectivity index (χ0v) is 13.9. The summed E-state index contributed by atoms with van der Waals surface area (Å²) >= 11 is 0. The van der Waals surface area contributed by atoms with Crippen molar-refractivity contribution in [1.29, 1.82) is 0 Å². The Balaban J connectivity index is 0.00000400. The highest BCUT2D eigenvalue weighted by atomic mass is 35.5. The van der Waals surface area contributed by atoms with Gasteiger partial charge in [0.25, 0.3) is 0 Å². The summed E-state index contributed by atoms with van der Waals surface area (Å²) in [4.78, 5) is 11.6. The number of sulfonamides is 1. The first-order chi connectivity index (χ1) is 9.27. The molecule has 21 heavy (non-hydrogen) atoms. The molecule has 0 aliphatic heterocycles. The van der Waals surface area contributed by atoms with Gasteiger partial charge in [-0.15, -0.1) is 12.4 Å². The Kier molecular flexibility index (Phi) is 7.87. The molecule has 0 aliphatic carbocycles. The second-order valence-corrected chi connectivity index (χ2v) is 6.39. The van der Waals surface area contributed by atoms with Gasteiger partial charge in [-0.3, -0.25) is 0 Å². The lowest BCUT2D eigenvalue weighted by Gasteiger charge is -2.12. The number of carbonyl (C=O) groups excluding carboxylic acids is 1. The molecule has 0 bridgehead atoms. The maximum atomic E-state index is 12.2. The second kappa shape index (κ2) is 8.33. The van der Waals surface area contributed by atoms with Gasteiger partial charge in [-0.05, 0) is 32.4 Å². The molecule has 8 heteroatoms. The molecule has 0 spiro atoms. The standard InChI is InChI=1S/C13H20N2O4S.ClH/c1-9-4-5-12(11(8-9)13(16)19-3)20(17,18)15-7-6-10(2)14;/h4-5,8,10,15H,6-7,14H2,1-3H3;1H. The predicted octanol–water partition coefficient (Wildman–Crippen LogP) is 1.22. The molecule has 0 fully saturated rings. The lowest BCUT2D eigenvalue weighted by Crippen LogP contribution is -2.30. The van der Waals surface area contributed by atoms with Crippen LogP contribution in [0.2, 0.25) is 0 Å². The quantitative estimate of drug-likeness (QED) is 0.761. The highest BCUT2D eigenvalue weighted by Crippen LogP contribution is 2.18. The van der Waals surface area contributed by atoms with Crippen LogP contribution in [-0.4, -0.2) is 34.1 Å². The number of nitrogens with one attached hydrogen (secondary N) is 1. The summed E-state index contributed by atoms with van der Waals surface area (Å²) in [6.07, 6.45) is 0.513. The van der Waals surface area contributed by atoms with Crippen molar-refractivity contribution in [3.63, 3.8) is 0 Å². The van der Waals surface area contributed by atoms with Gasteiger partial charge in [0, 0.05) is 12.6 Å². The van der Waals surface area contributed by atoms with Gasteiger partial charge in [0.15, 0.2) is 0 Å². The lowest BCUT2D eigenvalue weighted by atomic mass is 10.1. The van der Waals surface area contributed by atoms with E-state index in [-0.39, 0.29) is 35.5 Å². The molecule has 1 rings (SSSR count). The molecule has 0 radical (unpaired) electrons. The highest BCUT2D eigenvalue weighted by Gasteiger charge is 2.22. The minimum absolute atomic E-state index is 0. The van der Waals surface area contributed by atoms with Crippen molar-refractivity contribution in [3.8, 4) is 0 Å². The van der Waals surface area contributed by atoms with Gasteiger partial charge in [-0.1, -0.05) is 11.6 Å². The van der Waals surface area contributed by atoms with Crippen LogP contribution in [0.15, 0.2) is 23.1 Å². The molecule has 1 aromatic rings. The van der Waals surface area contributed by atoms with Gasteiger partial charge in [0.1, 0.15) is 0 Å². The van der Waals surface area contributed by atoms with E-state index in [1.807, 2.05) is 0 Å². The third-order valence-electron chi connectivity index (χ3n) is 2.72. The third kappa shape index (κ3) is 5.62. The zero-order valence-electron chi connectivity index (χ0n) is 12.3. The first-order valence-electron chi connectivity index (χ1n) is 6.22. The predicted molar refractivity (Wildman–Crippen MR) is 83.2 cm³/mol. The number of hydrogen-bond acceptors (Lipinski definition) is 5. The van der Waals surface area contributed by atoms with E-state index in [4.69, 9.17) is 5.73 Å². The van der Waals surface area contributed by atoms with Gasteiger partial charge in [0.05, 0.1) is 17.6 Å². The Morgan fingerprint density at radius 2 is 2.05 bits per heavy atom. The number of carbonyl (C=O) groups is 1.